The Morgan fingerprint density at radius 1 is 1.26 bits per heavy atom. The third-order valence-corrected chi connectivity index (χ3v) is 5.98. The molecule has 2 aromatic heterocycles. The molecule has 7 nitrogen and oxygen atoms in total. The van der Waals surface area contributed by atoms with Crippen molar-refractivity contribution in [3.05, 3.63) is 35.1 Å². The summed E-state index contributed by atoms with van der Waals surface area (Å²) in [6, 6.07) is 3.25. The third kappa shape index (κ3) is 2.93. The van der Waals surface area contributed by atoms with E-state index >= 15 is 0 Å². The van der Waals surface area contributed by atoms with Crippen LogP contribution in [0.3, 0.4) is 0 Å². The molecule has 0 N–H and O–H groups in total. The molecule has 0 aliphatic carbocycles. The maximum Gasteiger partial charge on any atom is 0.275 e. The van der Waals surface area contributed by atoms with Gasteiger partial charge in [-0.05, 0) is 26.0 Å². The Morgan fingerprint density at radius 3 is 2.70 bits per heavy atom. The van der Waals surface area contributed by atoms with Gasteiger partial charge in [0.25, 0.3) is 10.0 Å². The monoisotopic (exact) mass is 338 g/mol. The van der Waals surface area contributed by atoms with Gasteiger partial charge in [0.2, 0.25) is 5.09 Å². The molecular formula is C15H22N4O3S. The number of imidazole rings is 1. The molecule has 8 heteroatoms. The minimum Gasteiger partial charge on any atom is -0.447 e. The van der Waals surface area contributed by atoms with Crippen molar-refractivity contribution in [2.24, 2.45) is 0 Å². The highest BCUT2D eigenvalue weighted by molar-refractivity contribution is 7.88. The van der Waals surface area contributed by atoms with Crippen molar-refractivity contribution in [2.45, 2.75) is 38.6 Å². The Balaban J connectivity index is 1.73. The number of aryl methyl sites for hydroxylation is 1. The molecule has 1 aliphatic rings. The fraction of sp³-hybridized carbons (Fsp3) is 0.533. The zero-order valence-electron chi connectivity index (χ0n) is 13.9. The molecule has 0 saturated carbocycles. The van der Waals surface area contributed by atoms with Crippen molar-refractivity contribution in [2.75, 3.05) is 20.6 Å². The molecule has 0 bridgehead atoms. The van der Waals surface area contributed by atoms with Crippen LogP contribution in [-0.2, 0) is 29.7 Å². The van der Waals surface area contributed by atoms with Gasteiger partial charge in [-0.1, -0.05) is 0 Å². The number of sulfonamides is 1. The SMILES string of the molecule is Cc1nc2n(c1C)CCN(Cc1ccc(S(=O)(=O)N(C)C)o1)C2. The van der Waals surface area contributed by atoms with Gasteiger partial charge < -0.3 is 8.98 Å². The van der Waals surface area contributed by atoms with Gasteiger partial charge in [0, 0.05) is 32.9 Å². The van der Waals surface area contributed by atoms with E-state index in [4.69, 9.17) is 4.42 Å². The summed E-state index contributed by atoms with van der Waals surface area (Å²) in [6.45, 7) is 7.22. The summed E-state index contributed by atoms with van der Waals surface area (Å²) in [7, 11) is -0.531. The minimum atomic E-state index is -3.52. The molecular weight excluding hydrogens is 316 g/mol. The van der Waals surface area contributed by atoms with E-state index in [2.05, 4.69) is 21.4 Å². The van der Waals surface area contributed by atoms with Gasteiger partial charge in [-0.25, -0.2) is 17.7 Å². The van der Waals surface area contributed by atoms with Crippen LogP contribution in [0.5, 0.6) is 0 Å². The molecule has 0 spiro atoms. The smallest absolute Gasteiger partial charge is 0.275 e. The van der Waals surface area contributed by atoms with E-state index in [1.807, 2.05) is 6.92 Å². The molecule has 0 atom stereocenters. The summed E-state index contributed by atoms with van der Waals surface area (Å²) in [5, 5.41) is -0.0114. The molecule has 0 saturated heterocycles. The molecule has 1 aliphatic heterocycles. The lowest BCUT2D eigenvalue weighted by Crippen LogP contribution is -2.33. The van der Waals surface area contributed by atoms with Gasteiger partial charge in [-0.15, -0.1) is 0 Å². The summed E-state index contributed by atoms with van der Waals surface area (Å²) >= 11 is 0. The largest absolute Gasteiger partial charge is 0.447 e. The Kier molecular flexibility index (Phi) is 4.07. The predicted octanol–water partition coefficient (Wildman–Crippen LogP) is 1.36. The topological polar surface area (TPSA) is 71.6 Å². The molecule has 0 aromatic carbocycles. The van der Waals surface area contributed by atoms with Gasteiger partial charge in [-0.2, -0.15) is 0 Å². The molecule has 0 amide bonds. The van der Waals surface area contributed by atoms with Gasteiger partial charge >= 0.3 is 0 Å². The van der Waals surface area contributed by atoms with Gasteiger partial charge in [0.1, 0.15) is 11.6 Å². The first kappa shape index (κ1) is 16.2. The number of hydrogen-bond acceptors (Lipinski definition) is 5. The lowest BCUT2D eigenvalue weighted by atomic mass is 10.3. The van der Waals surface area contributed by atoms with Crippen LogP contribution < -0.4 is 0 Å². The van der Waals surface area contributed by atoms with Crippen LogP contribution in [0.25, 0.3) is 0 Å². The molecule has 2 aromatic rings. The maximum absolute atomic E-state index is 12.0. The average Bonchev–Trinajstić information content (AvgIpc) is 3.05. The lowest BCUT2D eigenvalue weighted by Gasteiger charge is -2.27. The highest BCUT2D eigenvalue weighted by Crippen LogP contribution is 2.21. The zero-order chi connectivity index (χ0) is 16.8. The molecule has 23 heavy (non-hydrogen) atoms. The quantitative estimate of drug-likeness (QED) is 0.842. The molecule has 0 radical (unpaired) electrons. The van der Waals surface area contributed by atoms with Crippen molar-refractivity contribution in [3.8, 4) is 0 Å². The fourth-order valence-electron chi connectivity index (χ4n) is 2.78. The van der Waals surface area contributed by atoms with E-state index in [1.54, 1.807) is 6.07 Å². The normalized spacial score (nSPS) is 16.0. The number of hydrogen-bond donors (Lipinski definition) is 0. The highest BCUT2D eigenvalue weighted by atomic mass is 32.2. The summed E-state index contributed by atoms with van der Waals surface area (Å²) in [6.07, 6.45) is 0. The minimum absolute atomic E-state index is 0.0114. The molecule has 3 heterocycles. The first-order chi connectivity index (χ1) is 10.8. The Hall–Kier alpha value is -1.64. The van der Waals surface area contributed by atoms with Gasteiger partial charge in [0.05, 0.1) is 18.8 Å². The van der Waals surface area contributed by atoms with E-state index in [9.17, 15) is 8.42 Å². The van der Waals surface area contributed by atoms with Crippen molar-refractivity contribution < 1.29 is 12.8 Å². The highest BCUT2D eigenvalue weighted by Gasteiger charge is 2.24. The Morgan fingerprint density at radius 2 is 2.00 bits per heavy atom. The number of furan rings is 1. The molecule has 0 fully saturated rings. The van der Waals surface area contributed by atoms with Crippen LogP contribution in [0.2, 0.25) is 0 Å². The van der Waals surface area contributed by atoms with E-state index in [0.717, 1.165) is 35.5 Å². The van der Waals surface area contributed by atoms with Crippen molar-refractivity contribution in [1.82, 2.24) is 18.8 Å². The average molecular weight is 338 g/mol. The van der Waals surface area contributed by atoms with Crippen molar-refractivity contribution in [3.63, 3.8) is 0 Å². The summed E-state index contributed by atoms with van der Waals surface area (Å²) in [5.74, 6) is 1.71. The second kappa shape index (κ2) is 5.77. The van der Waals surface area contributed by atoms with Crippen molar-refractivity contribution in [1.29, 1.82) is 0 Å². The molecule has 126 valence electrons. The zero-order valence-corrected chi connectivity index (χ0v) is 14.7. The van der Waals surface area contributed by atoms with E-state index in [-0.39, 0.29) is 5.09 Å². The standard InChI is InChI=1S/C15H22N4O3S/c1-11-12(2)19-8-7-18(10-14(19)16-11)9-13-5-6-15(22-13)23(20,21)17(3)4/h5-6H,7-10H2,1-4H3. The number of aromatic nitrogens is 2. The predicted molar refractivity (Wildman–Crippen MR) is 85.4 cm³/mol. The van der Waals surface area contributed by atoms with Crippen LogP contribution in [-0.4, -0.2) is 47.8 Å². The van der Waals surface area contributed by atoms with Crippen LogP contribution >= 0.6 is 0 Å². The third-order valence-electron chi connectivity index (χ3n) is 4.29. The molecule has 3 rings (SSSR count). The summed E-state index contributed by atoms with van der Waals surface area (Å²) < 4.78 is 33.0. The number of fused-ring (bicyclic) bond motifs is 1. The first-order valence-corrected chi connectivity index (χ1v) is 8.99. The molecule has 0 unspecified atom stereocenters. The second-order valence-corrected chi connectivity index (χ2v) is 8.15. The Labute approximate surface area is 136 Å². The summed E-state index contributed by atoms with van der Waals surface area (Å²) in [4.78, 5) is 6.81. The van der Waals surface area contributed by atoms with Crippen LogP contribution in [0, 0.1) is 13.8 Å². The van der Waals surface area contributed by atoms with Crippen LogP contribution in [0.15, 0.2) is 21.6 Å². The van der Waals surface area contributed by atoms with E-state index in [1.165, 1.54) is 25.9 Å². The van der Waals surface area contributed by atoms with Crippen LogP contribution in [0.4, 0.5) is 0 Å². The fourth-order valence-corrected chi connectivity index (χ4v) is 3.59. The van der Waals surface area contributed by atoms with Gasteiger partial charge in [0.15, 0.2) is 0 Å². The number of nitrogens with zero attached hydrogens (tertiary/aromatic N) is 4. The first-order valence-electron chi connectivity index (χ1n) is 7.55. The second-order valence-electron chi connectivity index (χ2n) is 6.07. The van der Waals surface area contributed by atoms with E-state index in [0.29, 0.717) is 12.3 Å². The van der Waals surface area contributed by atoms with Crippen LogP contribution in [0.1, 0.15) is 23.0 Å². The van der Waals surface area contributed by atoms with Crippen molar-refractivity contribution >= 4 is 10.0 Å². The van der Waals surface area contributed by atoms with E-state index < -0.39 is 10.0 Å². The Bertz CT molecular complexity index is 820. The summed E-state index contributed by atoms with van der Waals surface area (Å²) in [5.41, 5.74) is 2.29. The number of rotatable bonds is 4. The van der Waals surface area contributed by atoms with Gasteiger partial charge in [-0.3, -0.25) is 4.90 Å². The lowest BCUT2D eigenvalue weighted by molar-refractivity contribution is 0.188. The maximum atomic E-state index is 12.0.